The fourth-order valence-electron chi connectivity index (χ4n) is 3.12. The van der Waals surface area contributed by atoms with Gasteiger partial charge in [0.05, 0.1) is 13.2 Å². The van der Waals surface area contributed by atoms with Crippen LogP contribution in [0.3, 0.4) is 0 Å². The van der Waals surface area contributed by atoms with Crippen LogP contribution >= 0.6 is 12.4 Å². The van der Waals surface area contributed by atoms with Crippen LogP contribution in [0.2, 0.25) is 0 Å². The number of benzene rings is 1. The van der Waals surface area contributed by atoms with Crippen LogP contribution in [-0.2, 0) is 9.53 Å². The highest BCUT2D eigenvalue weighted by Gasteiger charge is 2.21. The van der Waals surface area contributed by atoms with Crippen molar-refractivity contribution >= 4 is 29.9 Å². The third kappa shape index (κ3) is 5.42. The number of amides is 2. The quantitative estimate of drug-likeness (QED) is 0.857. The van der Waals surface area contributed by atoms with Crippen molar-refractivity contribution in [2.75, 3.05) is 38.2 Å². The van der Waals surface area contributed by atoms with Crippen molar-refractivity contribution in [2.24, 2.45) is 0 Å². The molecule has 0 radical (unpaired) electrons. The Morgan fingerprint density at radius 2 is 1.76 bits per heavy atom. The lowest BCUT2D eigenvalue weighted by molar-refractivity contribution is -0.120. The topological polar surface area (TPSA) is 70.7 Å². The highest BCUT2D eigenvalue weighted by molar-refractivity contribution is 5.97. The van der Waals surface area contributed by atoms with Crippen molar-refractivity contribution in [3.8, 4) is 0 Å². The summed E-state index contributed by atoms with van der Waals surface area (Å²) in [5, 5.41) is 5.98. The van der Waals surface area contributed by atoms with Gasteiger partial charge in [-0.3, -0.25) is 9.59 Å². The smallest absolute Gasteiger partial charge is 0.253 e. The predicted octanol–water partition coefficient (Wildman–Crippen LogP) is 2.05. The van der Waals surface area contributed by atoms with E-state index in [1.54, 1.807) is 24.3 Å². The van der Waals surface area contributed by atoms with Gasteiger partial charge in [-0.2, -0.15) is 0 Å². The van der Waals surface area contributed by atoms with Gasteiger partial charge in [-0.1, -0.05) is 12.8 Å². The molecule has 2 saturated heterocycles. The maximum absolute atomic E-state index is 12.5. The number of anilines is 1. The first-order valence-corrected chi connectivity index (χ1v) is 8.75. The van der Waals surface area contributed by atoms with E-state index >= 15 is 0 Å². The molecule has 1 aromatic rings. The van der Waals surface area contributed by atoms with Crippen LogP contribution in [0.4, 0.5) is 5.69 Å². The van der Waals surface area contributed by atoms with E-state index in [4.69, 9.17) is 4.74 Å². The van der Waals surface area contributed by atoms with Crippen molar-refractivity contribution in [3.05, 3.63) is 29.8 Å². The molecule has 1 unspecified atom stereocenters. The van der Waals surface area contributed by atoms with Gasteiger partial charge >= 0.3 is 0 Å². The normalized spacial score (nSPS) is 21.0. The number of rotatable bonds is 3. The summed E-state index contributed by atoms with van der Waals surface area (Å²) in [6.07, 6.45) is 4.56. The van der Waals surface area contributed by atoms with Gasteiger partial charge in [0.1, 0.15) is 6.04 Å². The van der Waals surface area contributed by atoms with Crippen molar-refractivity contribution in [3.63, 3.8) is 0 Å². The lowest BCUT2D eigenvalue weighted by Gasteiger charge is -2.23. The third-order valence-electron chi connectivity index (χ3n) is 4.53. The van der Waals surface area contributed by atoms with Crippen LogP contribution in [0, 0.1) is 0 Å². The SMILES string of the molecule is Cl.O=C(Nc1ccc(C(=O)N2CCCCCC2)cc1)C1COCCN1. The number of likely N-dealkylation sites (tertiary alicyclic amines) is 1. The Morgan fingerprint density at radius 3 is 2.36 bits per heavy atom. The Hall–Kier alpha value is -1.63. The average molecular weight is 368 g/mol. The molecule has 2 aliphatic rings. The maximum Gasteiger partial charge on any atom is 0.253 e. The van der Waals surface area contributed by atoms with Crippen molar-refractivity contribution in [1.29, 1.82) is 0 Å². The van der Waals surface area contributed by atoms with Crippen molar-refractivity contribution in [2.45, 2.75) is 31.7 Å². The van der Waals surface area contributed by atoms with Crippen LogP contribution in [-0.4, -0.2) is 55.6 Å². The summed E-state index contributed by atoms with van der Waals surface area (Å²) in [5.41, 5.74) is 1.37. The van der Waals surface area contributed by atoms with Crippen LogP contribution in [0.1, 0.15) is 36.0 Å². The Balaban J connectivity index is 0.00000225. The molecule has 0 saturated carbocycles. The van der Waals surface area contributed by atoms with Gasteiger partial charge < -0.3 is 20.3 Å². The van der Waals surface area contributed by atoms with E-state index in [9.17, 15) is 9.59 Å². The minimum absolute atomic E-state index is 0. The van der Waals surface area contributed by atoms with E-state index in [0.29, 0.717) is 31.0 Å². The maximum atomic E-state index is 12.5. The lowest BCUT2D eigenvalue weighted by Crippen LogP contribution is -2.48. The highest BCUT2D eigenvalue weighted by atomic mass is 35.5. The number of halogens is 1. The summed E-state index contributed by atoms with van der Waals surface area (Å²) in [5.74, 6) is -0.0292. The molecule has 2 aliphatic heterocycles. The molecule has 138 valence electrons. The van der Waals surface area contributed by atoms with Gasteiger partial charge in [-0.05, 0) is 37.1 Å². The second kappa shape index (κ2) is 9.75. The molecule has 2 fully saturated rings. The summed E-state index contributed by atoms with van der Waals surface area (Å²) in [6, 6.07) is 6.82. The van der Waals surface area contributed by atoms with Crippen molar-refractivity contribution < 1.29 is 14.3 Å². The Morgan fingerprint density at radius 1 is 1.08 bits per heavy atom. The molecule has 2 N–H and O–H groups in total. The van der Waals surface area contributed by atoms with Crippen LogP contribution < -0.4 is 10.6 Å². The molecule has 1 atom stereocenters. The number of nitrogens with one attached hydrogen (secondary N) is 2. The van der Waals surface area contributed by atoms with Gasteiger partial charge in [-0.25, -0.2) is 0 Å². The summed E-state index contributed by atoms with van der Waals surface area (Å²) in [7, 11) is 0. The molecule has 2 heterocycles. The van der Waals surface area contributed by atoms with E-state index in [0.717, 1.165) is 25.9 Å². The molecule has 0 spiro atoms. The Kier molecular flexibility index (Phi) is 7.68. The highest BCUT2D eigenvalue weighted by Crippen LogP contribution is 2.16. The Labute approximate surface area is 154 Å². The van der Waals surface area contributed by atoms with Crippen LogP contribution in [0.25, 0.3) is 0 Å². The van der Waals surface area contributed by atoms with Gasteiger partial charge in [0.25, 0.3) is 5.91 Å². The Bertz CT molecular complexity index is 565. The molecule has 0 bridgehead atoms. The van der Waals surface area contributed by atoms with Crippen LogP contribution in [0.15, 0.2) is 24.3 Å². The van der Waals surface area contributed by atoms with Gasteiger partial charge in [0.2, 0.25) is 5.91 Å². The first-order chi connectivity index (χ1) is 11.7. The number of nitrogens with zero attached hydrogens (tertiary/aromatic N) is 1. The molecule has 3 rings (SSSR count). The molecule has 0 aliphatic carbocycles. The van der Waals surface area contributed by atoms with E-state index in [1.165, 1.54) is 12.8 Å². The standard InChI is InChI=1S/C18H25N3O3.ClH/c22-17(16-13-24-12-9-19-16)20-15-7-5-14(6-8-15)18(23)21-10-3-1-2-4-11-21;/h5-8,16,19H,1-4,9-13H2,(H,20,22);1H. The molecule has 2 amide bonds. The molecule has 0 aromatic heterocycles. The van der Waals surface area contributed by atoms with Gasteiger partial charge in [-0.15, -0.1) is 12.4 Å². The fourth-order valence-corrected chi connectivity index (χ4v) is 3.12. The zero-order chi connectivity index (χ0) is 16.8. The summed E-state index contributed by atoms with van der Waals surface area (Å²) >= 11 is 0. The second-order valence-corrected chi connectivity index (χ2v) is 6.35. The zero-order valence-corrected chi connectivity index (χ0v) is 15.1. The van der Waals surface area contributed by atoms with E-state index in [1.807, 2.05) is 4.90 Å². The van der Waals surface area contributed by atoms with E-state index < -0.39 is 0 Å². The molecule has 6 nitrogen and oxygen atoms in total. The number of morpholine rings is 1. The number of hydrogen-bond donors (Lipinski definition) is 2. The fraction of sp³-hybridized carbons (Fsp3) is 0.556. The minimum atomic E-state index is -0.322. The van der Waals surface area contributed by atoms with Crippen molar-refractivity contribution in [1.82, 2.24) is 10.2 Å². The number of carbonyl (C=O) groups is 2. The first kappa shape index (κ1) is 19.7. The minimum Gasteiger partial charge on any atom is -0.378 e. The molecular weight excluding hydrogens is 342 g/mol. The number of hydrogen-bond acceptors (Lipinski definition) is 4. The average Bonchev–Trinajstić information content (AvgIpc) is 2.92. The summed E-state index contributed by atoms with van der Waals surface area (Å²) < 4.78 is 5.30. The largest absolute Gasteiger partial charge is 0.378 e. The van der Waals surface area contributed by atoms with Gasteiger partial charge in [0.15, 0.2) is 0 Å². The van der Waals surface area contributed by atoms with E-state index in [2.05, 4.69) is 10.6 Å². The van der Waals surface area contributed by atoms with E-state index in [-0.39, 0.29) is 30.3 Å². The van der Waals surface area contributed by atoms with Crippen LogP contribution in [0.5, 0.6) is 0 Å². The van der Waals surface area contributed by atoms with Gasteiger partial charge in [0, 0.05) is 30.9 Å². The molecule has 25 heavy (non-hydrogen) atoms. The number of ether oxygens (including phenoxy) is 1. The third-order valence-corrected chi connectivity index (χ3v) is 4.53. The summed E-state index contributed by atoms with van der Waals surface area (Å²) in [6.45, 7) is 3.38. The lowest BCUT2D eigenvalue weighted by atomic mass is 10.1. The molecule has 1 aromatic carbocycles. The molecule has 7 heteroatoms. The monoisotopic (exact) mass is 367 g/mol. The first-order valence-electron chi connectivity index (χ1n) is 8.75. The summed E-state index contributed by atoms with van der Waals surface area (Å²) in [4.78, 5) is 26.6. The second-order valence-electron chi connectivity index (χ2n) is 6.35. The number of carbonyl (C=O) groups excluding carboxylic acids is 2. The molecular formula is C18H26ClN3O3. The zero-order valence-electron chi connectivity index (χ0n) is 14.3. The predicted molar refractivity (Wildman–Crippen MR) is 99.3 cm³/mol.